The molecule has 0 fully saturated rings. The standard InChI is InChI=1S/C13H13ClN4O2/c14-10-3-1-9(2-4-10)11(19)7-17-13(20)18-12-8-15-5-6-16-12/h1-6,8,11,19H,7H2,(H2,16,17,18,20). The third-order valence-electron chi connectivity index (χ3n) is 2.52. The number of aromatic nitrogens is 2. The lowest BCUT2D eigenvalue weighted by atomic mass is 10.1. The molecule has 1 atom stereocenters. The number of anilines is 1. The number of hydrogen-bond acceptors (Lipinski definition) is 4. The van der Waals surface area contributed by atoms with Gasteiger partial charge < -0.3 is 10.4 Å². The number of urea groups is 1. The number of halogens is 1. The summed E-state index contributed by atoms with van der Waals surface area (Å²) in [6.45, 7) is 0.0771. The highest BCUT2D eigenvalue weighted by Gasteiger charge is 2.09. The summed E-state index contributed by atoms with van der Waals surface area (Å²) in [5, 5.41) is 15.5. The van der Waals surface area contributed by atoms with Gasteiger partial charge in [-0.3, -0.25) is 10.3 Å². The van der Waals surface area contributed by atoms with Crippen LogP contribution in [0.5, 0.6) is 0 Å². The molecule has 7 heteroatoms. The van der Waals surface area contributed by atoms with E-state index in [0.717, 1.165) is 0 Å². The zero-order valence-electron chi connectivity index (χ0n) is 10.5. The monoisotopic (exact) mass is 292 g/mol. The maximum absolute atomic E-state index is 11.6. The van der Waals surface area contributed by atoms with Crippen LogP contribution in [-0.2, 0) is 0 Å². The van der Waals surface area contributed by atoms with E-state index in [9.17, 15) is 9.90 Å². The number of carbonyl (C=O) groups excluding carboxylic acids is 1. The van der Waals surface area contributed by atoms with Crippen molar-refractivity contribution in [3.8, 4) is 0 Å². The molecule has 0 radical (unpaired) electrons. The van der Waals surface area contributed by atoms with Crippen molar-refractivity contribution in [1.82, 2.24) is 15.3 Å². The first kappa shape index (κ1) is 14.2. The molecule has 1 unspecified atom stereocenters. The Morgan fingerprint density at radius 1 is 1.30 bits per heavy atom. The molecule has 0 bridgehead atoms. The Kier molecular flexibility index (Phi) is 4.86. The number of nitrogens with zero attached hydrogens (tertiary/aromatic N) is 2. The normalized spacial score (nSPS) is 11.7. The van der Waals surface area contributed by atoms with Gasteiger partial charge in [0.05, 0.1) is 12.3 Å². The molecule has 0 saturated carbocycles. The number of benzene rings is 1. The van der Waals surface area contributed by atoms with E-state index in [-0.39, 0.29) is 6.54 Å². The number of aliphatic hydroxyl groups excluding tert-OH is 1. The fourth-order valence-electron chi connectivity index (χ4n) is 1.52. The zero-order valence-corrected chi connectivity index (χ0v) is 11.2. The highest BCUT2D eigenvalue weighted by molar-refractivity contribution is 6.30. The highest BCUT2D eigenvalue weighted by Crippen LogP contribution is 2.15. The molecular formula is C13H13ClN4O2. The Labute approximate surface area is 120 Å². The van der Waals surface area contributed by atoms with Gasteiger partial charge in [0.2, 0.25) is 0 Å². The average Bonchev–Trinajstić information content (AvgIpc) is 2.46. The molecule has 20 heavy (non-hydrogen) atoms. The van der Waals surface area contributed by atoms with Crippen molar-refractivity contribution in [1.29, 1.82) is 0 Å². The van der Waals surface area contributed by atoms with E-state index < -0.39 is 12.1 Å². The number of amides is 2. The van der Waals surface area contributed by atoms with Crippen molar-refractivity contribution in [2.45, 2.75) is 6.10 Å². The largest absolute Gasteiger partial charge is 0.387 e. The summed E-state index contributed by atoms with van der Waals surface area (Å²) in [5.41, 5.74) is 0.675. The molecule has 0 aliphatic rings. The highest BCUT2D eigenvalue weighted by atomic mass is 35.5. The SMILES string of the molecule is O=C(NCC(O)c1ccc(Cl)cc1)Nc1cnccn1. The van der Waals surface area contributed by atoms with Crippen LogP contribution in [0.3, 0.4) is 0 Å². The predicted octanol–water partition coefficient (Wildman–Crippen LogP) is 1.99. The molecule has 6 nitrogen and oxygen atoms in total. The molecule has 0 saturated heterocycles. The maximum atomic E-state index is 11.6. The molecule has 3 N–H and O–H groups in total. The van der Waals surface area contributed by atoms with E-state index in [1.165, 1.54) is 18.6 Å². The van der Waals surface area contributed by atoms with Crippen LogP contribution in [0, 0.1) is 0 Å². The van der Waals surface area contributed by atoms with Gasteiger partial charge in [-0.05, 0) is 17.7 Å². The van der Waals surface area contributed by atoms with E-state index in [0.29, 0.717) is 16.4 Å². The van der Waals surface area contributed by atoms with Crippen LogP contribution in [0.25, 0.3) is 0 Å². The van der Waals surface area contributed by atoms with Gasteiger partial charge in [0.15, 0.2) is 5.82 Å². The smallest absolute Gasteiger partial charge is 0.320 e. The first-order chi connectivity index (χ1) is 9.65. The third-order valence-corrected chi connectivity index (χ3v) is 2.77. The predicted molar refractivity (Wildman–Crippen MR) is 75.5 cm³/mol. The van der Waals surface area contributed by atoms with Gasteiger partial charge in [-0.15, -0.1) is 0 Å². The summed E-state index contributed by atoms with van der Waals surface area (Å²) in [7, 11) is 0. The van der Waals surface area contributed by atoms with Crippen LogP contribution >= 0.6 is 11.6 Å². The second-order valence-corrected chi connectivity index (χ2v) is 4.43. The van der Waals surface area contributed by atoms with E-state index in [1.807, 2.05) is 0 Å². The lowest BCUT2D eigenvalue weighted by molar-refractivity contribution is 0.175. The van der Waals surface area contributed by atoms with Crippen molar-refractivity contribution in [3.05, 3.63) is 53.4 Å². The summed E-state index contributed by atoms with van der Waals surface area (Å²) >= 11 is 5.76. The van der Waals surface area contributed by atoms with Crippen LogP contribution in [-0.4, -0.2) is 27.7 Å². The van der Waals surface area contributed by atoms with Gasteiger partial charge in [0.25, 0.3) is 0 Å². The van der Waals surface area contributed by atoms with Crippen LogP contribution in [0.4, 0.5) is 10.6 Å². The van der Waals surface area contributed by atoms with Crippen LogP contribution in [0.2, 0.25) is 5.02 Å². The molecule has 2 aromatic rings. The first-order valence-electron chi connectivity index (χ1n) is 5.89. The molecule has 2 amide bonds. The first-order valence-corrected chi connectivity index (χ1v) is 6.27. The Bertz CT molecular complexity index is 562. The zero-order chi connectivity index (χ0) is 14.4. The van der Waals surface area contributed by atoms with Crippen molar-refractivity contribution >= 4 is 23.4 Å². The second-order valence-electron chi connectivity index (χ2n) is 3.99. The molecule has 0 aliphatic carbocycles. The van der Waals surface area contributed by atoms with E-state index in [1.54, 1.807) is 24.3 Å². The number of nitrogens with one attached hydrogen (secondary N) is 2. The number of rotatable bonds is 4. The summed E-state index contributed by atoms with van der Waals surface area (Å²) in [6.07, 6.45) is 3.60. The van der Waals surface area contributed by atoms with Crippen molar-refractivity contribution in [2.75, 3.05) is 11.9 Å². The van der Waals surface area contributed by atoms with Crippen LogP contribution < -0.4 is 10.6 Å². The average molecular weight is 293 g/mol. The molecule has 2 rings (SSSR count). The molecular weight excluding hydrogens is 280 g/mol. The topological polar surface area (TPSA) is 87.1 Å². The van der Waals surface area contributed by atoms with Gasteiger partial charge >= 0.3 is 6.03 Å². The van der Waals surface area contributed by atoms with Gasteiger partial charge in [0, 0.05) is 24.0 Å². The summed E-state index contributed by atoms with van der Waals surface area (Å²) in [4.78, 5) is 19.3. The molecule has 0 spiro atoms. The van der Waals surface area contributed by atoms with Gasteiger partial charge in [-0.25, -0.2) is 9.78 Å². The fourth-order valence-corrected chi connectivity index (χ4v) is 1.64. The fraction of sp³-hybridized carbons (Fsp3) is 0.154. The molecule has 1 aromatic heterocycles. The minimum atomic E-state index is -0.806. The molecule has 1 aromatic carbocycles. The van der Waals surface area contributed by atoms with Gasteiger partial charge in [-0.1, -0.05) is 23.7 Å². The Morgan fingerprint density at radius 3 is 2.70 bits per heavy atom. The Morgan fingerprint density at radius 2 is 2.05 bits per heavy atom. The Balaban J connectivity index is 1.82. The quantitative estimate of drug-likeness (QED) is 0.804. The minimum Gasteiger partial charge on any atom is -0.387 e. The number of hydrogen-bond donors (Lipinski definition) is 3. The van der Waals surface area contributed by atoms with Crippen LogP contribution in [0.1, 0.15) is 11.7 Å². The van der Waals surface area contributed by atoms with Gasteiger partial charge in [-0.2, -0.15) is 0 Å². The van der Waals surface area contributed by atoms with Crippen molar-refractivity contribution in [2.24, 2.45) is 0 Å². The third kappa shape index (κ3) is 4.18. The molecule has 1 heterocycles. The number of carbonyl (C=O) groups is 1. The van der Waals surface area contributed by atoms with Crippen LogP contribution in [0.15, 0.2) is 42.9 Å². The lowest BCUT2D eigenvalue weighted by Gasteiger charge is -2.12. The Hall–Kier alpha value is -2.18. The minimum absolute atomic E-state index is 0.0771. The summed E-state index contributed by atoms with van der Waals surface area (Å²) in [6, 6.07) is 6.31. The van der Waals surface area contributed by atoms with Crippen molar-refractivity contribution in [3.63, 3.8) is 0 Å². The summed E-state index contributed by atoms with van der Waals surface area (Å²) < 4.78 is 0. The second kappa shape index (κ2) is 6.83. The molecule has 104 valence electrons. The number of aliphatic hydroxyl groups is 1. The van der Waals surface area contributed by atoms with Gasteiger partial charge in [0.1, 0.15) is 0 Å². The van der Waals surface area contributed by atoms with E-state index >= 15 is 0 Å². The molecule has 0 aliphatic heterocycles. The van der Waals surface area contributed by atoms with Crippen molar-refractivity contribution < 1.29 is 9.90 Å². The van der Waals surface area contributed by atoms with E-state index in [2.05, 4.69) is 20.6 Å². The maximum Gasteiger partial charge on any atom is 0.320 e. The summed E-state index contributed by atoms with van der Waals surface area (Å²) in [5.74, 6) is 0.339. The van der Waals surface area contributed by atoms with E-state index in [4.69, 9.17) is 11.6 Å². The lowest BCUT2D eigenvalue weighted by Crippen LogP contribution is -2.32.